The highest BCUT2D eigenvalue weighted by Crippen LogP contribution is 2.29. The number of halogens is 3. The molecule has 2 rings (SSSR count). The Balaban J connectivity index is 1.83. The molecule has 0 unspecified atom stereocenters. The van der Waals surface area contributed by atoms with E-state index < -0.39 is 11.9 Å². The normalized spacial score (nSPS) is 13.7. The van der Waals surface area contributed by atoms with Crippen LogP contribution in [0.25, 0.3) is 0 Å². The zero-order valence-electron chi connectivity index (χ0n) is 10.2. The maximum absolute atomic E-state index is 12.4. The van der Waals surface area contributed by atoms with E-state index in [1.807, 2.05) is 18.4 Å². The lowest BCUT2D eigenvalue weighted by molar-refractivity contribution is -0.140. The monoisotopic (exact) mass is 306 g/mol. The van der Waals surface area contributed by atoms with Crippen LogP contribution >= 0.6 is 22.7 Å². The van der Waals surface area contributed by atoms with Gasteiger partial charge in [0, 0.05) is 18.0 Å². The van der Waals surface area contributed by atoms with Gasteiger partial charge in [-0.05, 0) is 35.7 Å². The Bertz CT molecular complexity index is 505. The molecule has 0 fully saturated rings. The Kier molecular flexibility index (Phi) is 4.59. The molecule has 2 aromatic rings. The smallest absolute Gasteiger partial charge is 0.308 e. The molecule has 7 heteroatoms. The lowest BCUT2D eigenvalue weighted by Gasteiger charge is -2.11. The highest BCUT2D eigenvalue weighted by molar-refractivity contribution is 7.09. The van der Waals surface area contributed by atoms with Crippen molar-refractivity contribution >= 4 is 22.7 Å². The largest absolute Gasteiger partial charge is 0.434 e. The summed E-state index contributed by atoms with van der Waals surface area (Å²) in [5.74, 6) is 0. The van der Waals surface area contributed by atoms with Crippen LogP contribution in [0.5, 0.6) is 0 Å². The first-order valence-electron chi connectivity index (χ1n) is 5.71. The Hall–Kier alpha value is -0.920. The van der Waals surface area contributed by atoms with Crippen molar-refractivity contribution in [2.75, 3.05) is 0 Å². The van der Waals surface area contributed by atoms with Crippen molar-refractivity contribution < 1.29 is 13.2 Å². The van der Waals surface area contributed by atoms with Crippen LogP contribution in [-0.4, -0.2) is 11.0 Å². The van der Waals surface area contributed by atoms with Crippen molar-refractivity contribution in [1.29, 1.82) is 0 Å². The standard InChI is InChI=1S/C12H13F3N2S2/c1-8(4-9-2-3-18-6-9)16-5-11-17-10(7-19-11)12(13,14)15/h2-3,6-8,16H,4-5H2,1H3/t8-/m1/s1. The fourth-order valence-electron chi connectivity index (χ4n) is 1.62. The van der Waals surface area contributed by atoms with Crippen molar-refractivity contribution in [2.24, 2.45) is 0 Å². The first kappa shape index (κ1) is 14.5. The van der Waals surface area contributed by atoms with E-state index in [0.717, 1.165) is 23.1 Å². The summed E-state index contributed by atoms with van der Waals surface area (Å²) in [6.45, 7) is 2.38. The van der Waals surface area contributed by atoms with Crippen LogP contribution in [0.15, 0.2) is 22.2 Å². The first-order chi connectivity index (χ1) is 8.95. The van der Waals surface area contributed by atoms with Crippen LogP contribution in [-0.2, 0) is 19.1 Å². The predicted octanol–water partition coefficient (Wildman–Crippen LogP) is 3.94. The minimum atomic E-state index is -4.35. The van der Waals surface area contributed by atoms with Crippen molar-refractivity contribution in [2.45, 2.75) is 32.1 Å². The van der Waals surface area contributed by atoms with Crippen LogP contribution in [0.3, 0.4) is 0 Å². The molecule has 2 heterocycles. The summed E-state index contributed by atoms with van der Waals surface area (Å²) in [5.41, 5.74) is 0.430. The van der Waals surface area contributed by atoms with Crippen molar-refractivity contribution in [3.63, 3.8) is 0 Å². The zero-order valence-corrected chi connectivity index (χ0v) is 11.8. The number of nitrogens with zero attached hydrogens (tertiary/aromatic N) is 1. The minimum Gasteiger partial charge on any atom is -0.308 e. The van der Waals surface area contributed by atoms with E-state index >= 15 is 0 Å². The molecule has 0 saturated heterocycles. The topological polar surface area (TPSA) is 24.9 Å². The third-order valence-corrected chi connectivity index (χ3v) is 4.15. The summed E-state index contributed by atoms with van der Waals surface area (Å²) in [6, 6.07) is 2.25. The second-order valence-corrected chi connectivity index (χ2v) is 5.96. The summed E-state index contributed by atoms with van der Waals surface area (Å²) in [7, 11) is 0. The Morgan fingerprint density at radius 3 is 2.74 bits per heavy atom. The van der Waals surface area contributed by atoms with E-state index in [2.05, 4.69) is 15.7 Å². The van der Waals surface area contributed by atoms with E-state index in [1.54, 1.807) is 11.3 Å². The van der Waals surface area contributed by atoms with Gasteiger partial charge in [-0.3, -0.25) is 0 Å². The van der Waals surface area contributed by atoms with Gasteiger partial charge in [-0.1, -0.05) is 0 Å². The quantitative estimate of drug-likeness (QED) is 0.905. The van der Waals surface area contributed by atoms with E-state index in [0.29, 0.717) is 11.6 Å². The second-order valence-electron chi connectivity index (χ2n) is 4.24. The van der Waals surface area contributed by atoms with Crippen LogP contribution in [0.4, 0.5) is 13.2 Å². The molecule has 19 heavy (non-hydrogen) atoms. The fraction of sp³-hybridized carbons (Fsp3) is 0.417. The molecule has 104 valence electrons. The summed E-state index contributed by atoms with van der Waals surface area (Å²) in [6.07, 6.45) is -3.49. The molecule has 0 radical (unpaired) electrons. The van der Waals surface area contributed by atoms with Crippen molar-refractivity contribution in [1.82, 2.24) is 10.3 Å². The third-order valence-electron chi connectivity index (χ3n) is 2.57. The number of aromatic nitrogens is 1. The molecule has 0 amide bonds. The van der Waals surface area contributed by atoms with E-state index in [-0.39, 0.29) is 6.04 Å². The van der Waals surface area contributed by atoms with E-state index in [9.17, 15) is 13.2 Å². The van der Waals surface area contributed by atoms with Gasteiger partial charge in [-0.25, -0.2) is 4.98 Å². The number of nitrogens with one attached hydrogen (secondary N) is 1. The number of thiazole rings is 1. The molecular formula is C12H13F3N2S2. The van der Waals surface area contributed by atoms with Crippen LogP contribution in [0.1, 0.15) is 23.2 Å². The maximum Gasteiger partial charge on any atom is 0.434 e. The zero-order chi connectivity index (χ0) is 13.9. The number of alkyl halides is 3. The number of hydrogen-bond donors (Lipinski definition) is 1. The lowest BCUT2D eigenvalue weighted by Crippen LogP contribution is -2.27. The van der Waals surface area contributed by atoms with Gasteiger partial charge in [0.2, 0.25) is 0 Å². The summed E-state index contributed by atoms with van der Waals surface area (Å²) < 4.78 is 37.1. The van der Waals surface area contributed by atoms with Gasteiger partial charge >= 0.3 is 6.18 Å². The van der Waals surface area contributed by atoms with Crippen LogP contribution < -0.4 is 5.32 Å². The van der Waals surface area contributed by atoms with Crippen molar-refractivity contribution in [3.8, 4) is 0 Å². The maximum atomic E-state index is 12.4. The molecule has 1 N–H and O–H groups in total. The number of hydrogen-bond acceptors (Lipinski definition) is 4. The Morgan fingerprint density at radius 1 is 1.37 bits per heavy atom. The fourth-order valence-corrected chi connectivity index (χ4v) is 3.05. The van der Waals surface area contributed by atoms with Gasteiger partial charge in [0.05, 0.1) is 0 Å². The molecule has 2 aromatic heterocycles. The molecule has 0 spiro atoms. The predicted molar refractivity (Wildman–Crippen MR) is 71.4 cm³/mol. The van der Waals surface area contributed by atoms with E-state index in [1.165, 1.54) is 5.56 Å². The van der Waals surface area contributed by atoms with E-state index in [4.69, 9.17) is 0 Å². The number of thiophene rings is 1. The molecule has 1 atom stereocenters. The SMILES string of the molecule is C[C@H](Cc1ccsc1)NCc1nc(C(F)(F)F)cs1. The highest BCUT2D eigenvalue weighted by Gasteiger charge is 2.33. The molecule has 0 aliphatic carbocycles. The molecule has 0 saturated carbocycles. The van der Waals surface area contributed by atoms with Gasteiger partial charge in [0.15, 0.2) is 5.69 Å². The Morgan fingerprint density at radius 2 is 2.16 bits per heavy atom. The average Bonchev–Trinajstić information content (AvgIpc) is 2.95. The molecule has 2 nitrogen and oxygen atoms in total. The third kappa shape index (κ3) is 4.29. The summed E-state index contributed by atoms with van der Waals surface area (Å²) >= 11 is 2.67. The molecular weight excluding hydrogens is 293 g/mol. The first-order valence-corrected chi connectivity index (χ1v) is 7.53. The van der Waals surface area contributed by atoms with Gasteiger partial charge < -0.3 is 5.32 Å². The lowest BCUT2D eigenvalue weighted by atomic mass is 10.1. The Labute approximate surface area is 117 Å². The molecule has 0 bridgehead atoms. The summed E-state index contributed by atoms with van der Waals surface area (Å²) in [4.78, 5) is 3.58. The molecule has 0 aromatic carbocycles. The van der Waals surface area contributed by atoms with Gasteiger partial charge in [-0.2, -0.15) is 24.5 Å². The van der Waals surface area contributed by atoms with Crippen LogP contribution in [0.2, 0.25) is 0 Å². The minimum absolute atomic E-state index is 0.202. The molecule has 0 aliphatic rings. The number of rotatable bonds is 5. The van der Waals surface area contributed by atoms with Gasteiger partial charge in [-0.15, -0.1) is 11.3 Å². The van der Waals surface area contributed by atoms with Gasteiger partial charge in [0.25, 0.3) is 0 Å². The highest BCUT2D eigenvalue weighted by atomic mass is 32.1. The van der Waals surface area contributed by atoms with Crippen LogP contribution in [0, 0.1) is 0 Å². The molecule has 0 aliphatic heterocycles. The summed E-state index contributed by atoms with van der Waals surface area (Å²) in [5, 5.41) is 8.79. The van der Waals surface area contributed by atoms with Gasteiger partial charge in [0.1, 0.15) is 5.01 Å². The second kappa shape index (κ2) is 6.02. The average molecular weight is 306 g/mol. The van der Waals surface area contributed by atoms with Crippen molar-refractivity contribution in [3.05, 3.63) is 38.5 Å².